The molecule has 0 aromatic heterocycles. The molecule has 2 aromatic carbocycles. The van der Waals surface area contributed by atoms with Gasteiger partial charge in [-0.3, -0.25) is 4.72 Å². The van der Waals surface area contributed by atoms with Gasteiger partial charge >= 0.3 is 0 Å². The smallest absolute Gasteiger partial charge is 0.247 e. The molecule has 0 saturated carbocycles. The Kier molecular flexibility index (Phi) is 5.88. The zero-order valence-electron chi connectivity index (χ0n) is 15.6. The average Bonchev–Trinajstić information content (AvgIpc) is 3.07. The number of hydrogen-bond donors (Lipinski definition) is 1. The molecule has 0 fully saturated rings. The molecule has 0 radical (unpaired) electrons. The quantitative estimate of drug-likeness (QED) is 0.716. The number of rotatable bonds is 6. The van der Waals surface area contributed by atoms with Gasteiger partial charge in [0, 0.05) is 22.7 Å². The molecule has 0 amide bonds. The van der Waals surface area contributed by atoms with Gasteiger partial charge in [0.15, 0.2) is 0 Å². The highest BCUT2D eigenvalue weighted by atomic mass is 35.5. The van der Waals surface area contributed by atoms with E-state index in [9.17, 15) is 21.2 Å². The van der Waals surface area contributed by atoms with Crippen LogP contribution >= 0.6 is 11.6 Å². The fraction of sp³-hybridized carbons (Fsp3) is 0.278. The van der Waals surface area contributed by atoms with Crippen LogP contribution in [0, 0.1) is 5.82 Å². The third-order valence-corrected chi connectivity index (χ3v) is 7.07. The van der Waals surface area contributed by atoms with E-state index in [0.717, 1.165) is 10.7 Å². The van der Waals surface area contributed by atoms with Crippen LogP contribution in [0.2, 0.25) is 5.02 Å². The topological polar surface area (TPSA) is 95.9 Å². The summed E-state index contributed by atoms with van der Waals surface area (Å²) in [5.41, 5.74) is 1.45. The van der Waals surface area contributed by atoms with E-state index in [2.05, 4.69) is 9.82 Å². The normalized spacial score (nSPS) is 17.3. The molecule has 156 valence electrons. The standard InChI is InChI=1S/C18H19ClFN3O4S2/c1-3-29(26,27)22-13-9-7-12(8-10-13)16-11-17(23(21-16)28(2,24)25)18-14(19)5-4-6-15(18)20/h4-10,17,22H,3,11H2,1-2H3. The predicted molar refractivity (Wildman–Crippen MR) is 112 cm³/mol. The van der Waals surface area contributed by atoms with Gasteiger partial charge in [0.1, 0.15) is 5.82 Å². The number of anilines is 1. The van der Waals surface area contributed by atoms with Gasteiger partial charge in [-0.05, 0) is 36.8 Å². The van der Waals surface area contributed by atoms with Gasteiger partial charge in [-0.15, -0.1) is 0 Å². The van der Waals surface area contributed by atoms with E-state index in [1.807, 2.05) is 0 Å². The molecule has 3 rings (SSSR count). The van der Waals surface area contributed by atoms with Crippen LogP contribution in [-0.2, 0) is 20.0 Å². The van der Waals surface area contributed by atoms with Crippen LogP contribution in [0.15, 0.2) is 47.6 Å². The lowest BCUT2D eigenvalue weighted by Crippen LogP contribution is -2.26. The highest BCUT2D eigenvalue weighted by Gasteiger charge is 2.37. The molecule has 1 N–H and O–H groups in total. The number of hydrazone groups is 1. The monoisotopic (exact) mass is 459 g/mol. The minimum absolute atomic E-state index is 0.0597. The number of nitrogens with zero attached hydrogens (tertiary/aromatic N) is 2. The number of sulfonamides is 2. The third-order valence-electron chi connectivity index (χ3n) is 4.42. The largest absolute Gasteiger partial charge is 0.284 e. The molecule has 0 saturated heterocycles. The molecule has 11 heteroatoms. The Morgan fingerprint density at radius 1 is 1.17 bits per heavy atom. The minimum Gasteiger partial charge on any atom is -0.284 e. The number of halogens is 2. The zero-order valence-corrected chi connectivity index (χ0v) is 18.0. The van der Waals surface area contributed by atoms with Gasteiger partial charge in [-0.25, -0.2) is 21.2 Å². The van der Waals surface area contributed by atoms with Crippen molar-refractivity contribution < 1.29 is 21.2 Å². The highest BCUT2D eigenvalue weighted by molar-refractivity contribution is 7.92. The van der Waals surface area contributed by atoms with Gasteiger partial charge in [0.25, 0.3) is 0 Å². The summed E-state index contributed by atoms with van der Waals surface area (Å²) in [6, 6.07) is 9.60. The van der Waals surface area contributed by atoms with E-state index in [1.165, 1.54) is 25.1 Å². The van der Waals surface area contributed by atoms with Crippen LogP contribution < -0.4 is 4.72 Å². The van der Waals surface area contributed by atoms with E-state index >= 15 is 0 Å². The Hall–Kier alpha value is -2.17. The summed E-state index contributed by atoms with van der Waals surface area (Å²) in [5, 5.41) is 4.30. The third kappa shape index (κ3) is 4.71. The lowest BCUT2D eigenvalue weighted by atomic mass is 9.98. The molecule has 1 heterocycles. The molecule has 2 aromatic rings. The van der Waals surface area contributed by atoms with Crippen LogP contribution in [0.25, 0.3) is 0 Å². The molecular weight excluding hydrogens is 441 g/mol. The van der Waals surface area contributed by atoms with Crippen LogP contribution in [0.4, 0.5) is 10.1 Å². The molecule has 1 aliphatic rings. The average molecular weight is 460 g/mol. The molecule has 0 spiro atoms. The highest BCUT2D eigenvalue weighted by Crippen LogP contribution is 2.39. The first kappa shape index (κ1) is 21.5. The lowest BCUT2D eigenvalue weighted by molar-refractivity contribution is 0.365. The molecular formula is C18H19ClFN3O4S2. The van der Waals surface area contributed by atoms with Crippen molar-refractivity contribution in [3.8, 4) is 0 Å². The SMILES string of the molecule is CCS(=O)(=O)Nc1ccc(C2=NN(S(C)(=O)=O)C(c3c(F)cccc3Cl)C2)cc1. The van der Waals surface area contributed by atoms with Gasteiger partial charge < -0.3 is 0 Å². The van der Waals surface area contributed by atoms with E-state index in [1.54, 1.807) is 24.3 Å². The molecule has 29 heavy (non-hydrogen) atoms. The summed E-state index contributed by atoms with van der Waals surface area (Å²) >= 11 is 6.14. The second-order valence-corrected chi connectivity index (χ2v) is 10.8. The van der Waals surface area contributed by atoms with Crippen molar-refractivity contribution in [3.05, 3.63) is 64.4 Å². The van der Waals surface area contributed by atoms with Crippen molar-refractivity contribution in [1.82, 2.24) is 4.41 Å². The summed E-state index contributed by atoms with van der Waals surface area (Å²) in [4.78, 5) is 0. The van der Waals surface area contributed by atoms with Crippen molar-refractivity contribution in [2.75, 3.05) is 16.7 Å². The van der Waals surface area contributed by atoms with Crippen molar-refractivity contribution in [2.24, 2.45) is 5.10 Å². The zero-order chi connectivity index (χ0) is 21.4. The second-order valence-electron chi connectivity index (χ2n) is 6.52. The van der Waals surface area contributed by atoms with Gasteiger partial charge in [-0.2, -0.15) is 9.52 Å². The molecule has 7 nitrogen and oxygen atoms in total. The van der Waals surface area contributed by atoms with Crippen molar-refractivity contribution in [3.63, 3.8) is 0 Å². The van der Waals surface area contributed by atoms with Crippen LogP contribution in [-0.4, -0.2) is 39.0 Å². The summed E-state index contributed by atoms with van der Waals surface area (Å²) < 4.78 is 65.5. The Balaban J connectivity index is 1.95. The second kappa shape index (κ2) is 7.92. The maximum atomic E-state index is 14.4. The first-order valence-electron chi connectivity index (χ1n) is 8.63. The summed E-state index contributed by atoms with van der Waals surface area (Å²) in [7, 11) is -7.19. The maximum absolute atomic E-state index is 14.4. The summed E-state index contributed by atoms with van der Waals surface area (Å²) in [5.74, 6) is -0.674. The summed E-state index contributed by atoms with van der Waals surface area (Å²) in [6.45, 7) is 1.53. The van der Waals surface area contributed by atoms with E-state index in [4.69, 9.17) is 11.6 Å². The molecule has 1 unspecified atom stereocenters. The van der Waals surface area contributed by atoms with Crippen LogP contribution in [0.3, 0.4) is 0 Å². The first-order valence-corrected chi connectivity index (χ1v) is 12.5. The van der Waals surface area contributed by atoms with E-state index in [0.29, 0.717) is 17.0 Å². The van der Waals surface area contributed by atoms with Crippen molar-refractivity contribution >= 4 is 43.0 Å². The fourth-order valence-corrected chi connectivity index (χ4v) is 4.81. The van der Waals surface area contributed by atoms with Crippen molar-refractivity contribution in [2.45, 2.75) is 19.4 Å². The molecule has 1 atom stereocenters. The van der Waals surface area contributed by atoms with E-state index < -0.39 is 31.9 Å². The molecule has 0 aliphatic carbocycles. The van der Waals surface area contributed by atoms with E-state index in [-0.39, 0.29) is 22.8 Å². The first-order chi connectivity index (χ1) is 13.5. The Labute approximate surface area is 174 Å². The Morgan fingerprint density at radius 2 is 1.83 bits per heavy atom. The van der Waals surface area contributed by atoms with Crippen molar-refractivity contribution in [1.29, 1.82) is 0 Å². The van der Waals surface area contributed by atoms with Gasteiger partial charge in [-0.1, -0.05) is 29.8 Å². The lowest BCUT2D eigenvalue weighted by Gasteiger charge is -2.22. The van der Waals surface area contributed by atoms with Crippen LogP contribution in [0.5, 0.6) is 0 Å². The number of hydrogen-bond acceptors (Lipinski definition) is 5. The molecule has 0 bridgehead atoms. The maximum Gasteiger partial charge on any atom is 0.247 e. The predicted octanol–water partition coefficient (Wildman–Crippen LogP) is 3.35. The number of nitrogens with one attached hydrogen (secondary N) is 1. The van der Waals surface area contributed by atoms with Gasteiger partial charge in [0.2, 0.25) is 20.0 Å². The fourth-order valence-electron chi connectivity index (χ4n) is 3.00. The van der Waals surface area contributed by atoms with Gasteiger partial charge in [0.05, 0.1) is 23.8 Å². The molecule has 1 aliphatic heterocycles. The van der Waals surface area contributed by atoms with Crippen LogP contribution in [0.1, 0.15) is 30.5 Å². The Morgan fingerprint density at radius 3 is 2.38 bits per heavy atom. The minimum atomic E-state index is -3.78. The number of benzene rings is 2. The summed E-state index contributed by atoms with van der Waals surface area (Å²) in [6.07, 6.45) is 1.11. The Bertz CT molecular complexity index is 1150.